The highest BCUT2D eigenvalue weighted by Crippen LogP contribution is 2.18. The molecule has 0 unspecified atom stereocenters. The van der Waals surface area contributed by atoms with E-state index in [1.165, 1.54) is 25.3 Å². The molecule has 4 aromatic heterocycles. The summed E-state index contributed by atoms with van der Waals surface area (Å²) in [5, 5.41) is 0. The second kappa shape index (κ2) is 6.47. The maximum atomic E-state index is 13.3. The van der Waals surface area contributed by atoms with Crippen molar-refractivity contribution in [2.24, 2.45) is 0 Å². The summed E-state index contributed by atoms with van der Waals surface area (Å²) >= 11 is 0. The summed E-state index contributed by atoms with van der Waals surface area (Å²) in [5.41, 5.74) is 4.34. The van der Waals surface area contributed by atoms with Crippen molar-refractivity contribution in [3.05, 3.63) is 72.0 Å². The average molecular weight is 351 g/mol. The Labute approximate surface area is 149 Å². The van der Waals surface area contributed by atoms with Crippen molar-refractivity contribution in [2.45, 2.75) is 26.9 Å². The minimum absolute atomic E-state index is 0.162. The molecule has 0 spiro atoms. The number of carbonyl (C=O) groups excluding carboxylic acids is 1. The van der Waals surface area contributed by atoms with Crippen LogP contribution in [0.25, 0.3) is 5.65 Å². The molecule has 0 fully saturated rings. The number of oxazole rings is 2. The van der Waals surface area contributed by atoms with Crippen LogP contribution in [0, 0.1) is 13.8 Å². The lowest BCUT2D eigenvalue weighted by Crippen LogP contribution is -2.31. The first-order valence-electron chi connectivity index (χ1n) is 8.10. The second-order valence-electron chi connectivity index (χ2n) is 6.10. The van der Waals surface area contributed by atoms with Gasteiger partial charge in [-0.15, -0.1) is 0 Å². The summed E-state index contributed by atoms with van der Waals surface area (Å²) in [6.07, 6.45) is 7.59. The first-order chi connectivity index (χ1) is 12.6. The lowest BCUT2D eigenvalue weighted by atomic mass is 10.2. The maximum Gasteiger partial charge on any atom is 0.273 e. The van der Waals surface area contributed by atoms with Crippen LogP contribution in [-0.2, 0) is 13.1 Å². The van der Waals surface area contributed by atoms with Gasteiger partial charge in [-0.25, -0.2) is 15.0 Å². The lowest BCUT2D eigenvalue weighted by molar-refractivity contribution is 0.0717. The Hall–Kier alpha value is -3.42. The van der Waals surface area contributed by atoms with E-state index in [0.717, 1.165) is 11.2 Å². The van der Waals surface area contributed by atoms with Crippen molar-refractivity contribution in [3.63, 3.8) is 0 Å². The van der Waals surface area contributed by atoms with Crippen molar-refractivity contribution < 1.29 is 13.6 Å². The van der Waals surface area contributed by atoms with Crippen molar-refractivity contribution in [3.8, 4) is 0 Å². The molecule has 0 N–H and O–H groups in total. The monoisotopic (exact) mass is 351 g/mol. The minimum Gasteiger partial charge on any atom is -0.451 e. The SMILES string of the molecule is Cc1ccn2c(C(=O)N(Cc3cocn3)Cc3cocn3)c(C)nc2c1. The lowest BCUT2D eigenvalue weighted by Gasteiger charge is -2.20. The molecule has 4 rings (SSSR count). The summed E-state index contributed by atoms with van der Waals surface area (Å²) < 4.78 is 11.9. The summed E-state index contributed by atoms with van der Waals surface area (Å²) in [5.74, 6) is -0.162. The van der Waals surface area contributed by atoms with Crippen molar-refractivity contribution in [1.29, 1.82) is 0 Å². The first kappa shape index (κ1) is 16.1. The van der Waals surface area contributed by atoms with E-state index < -0.39 is 0 Å². The number of pyridine rings is 1. The zero-order valence-electron chi connectivity index (χ0n) is 14.4. The molecule has 8 heteroatoms. The molecule has 0 radical (unpaired) electrons. The van der Waals surface area contributed by atoms with Crippen LogP contribution in [-0.4, -0.2) is 30.2 Å². The Bertz CT molecular complexity index is 998. The zero-order chi connectivity index (χ0) is 18.1. The van der Waals surface area contributed by atoms with Gasteiger partial charge in [0.05, 0.1) is 30.2 Å². The summed E-state index contributed by atoms with van der Waals surface area (Å²) in [4.78, 5) is 27.7. The smallest absolute Gasteiger partial charge is 0.273 e. The number of fused-ring (bicyclic) bond motifs is 1. The van der Waals surface area contributed by atoms with E-state index in [4.69, 9.17) is 8.83 Å². The zero-order valence-corrected chi connectivity index (χ0v) is 14.4. The number of hydrogen-bond acceptors (Lipinski definition) is 6. The quantitative estimate of drug-likeness (QED) is 0.549. The molecule has 4 heterocycles. The molecule has 0 saturated carbocycles. The molecular formula is C18H17N5O3. The van der Waals surface area contributed by atoms with Gasteiger partial charge in [0.25, 0.3) is 5.91 Å². The molecule has 0 aromatic carbocycles. The molecule has 0 atom stereocenters. The molecule has 0 saturated heterocycles. The number of amides is 1. The van der Waals surface area contributed by atoms with E-state index >= 15 is 0 Å². The molecule has 132 valence electrons. The van der Waals surface area contributed by atoms with Gasteiger partial charge in [-0.1, -0.05) is 0 Å². The first-order valence-corrected chi connectivity index (χ1v) is 8.10. The molecule has 26 heavy (non-hydrogen) atoms. The highest BCUT2D eigenvalue weighted by molar-refractivity contribution is 5.94. The molecule has 0 aliphatic heterocycles. The fourth-order valence-corrected chi connectivity index (χ4v) is 2.89. The van der Waals surface area contributed by atoms with E-state index in [1.54, 1.807) is 4.90 Å². The van der Waals surface area contributed by atoms with Gasteiger partial charge in [0.15, 0.2) is 12.8 Å². The summed E-state index contributed by atoms with van der Waals surface area (Å²) in [6, 6.07) is 3.90. The normalized spacial score (nSPS) is 11.2. The van der Waals surface area contributed by atoms with Crippen LogP contribution in [0.2, 0.25) is 0 Å². The van der Waals surface area contributed by atoms with Crippen LogP contribution >= 0.6 is 0 Å². The van der Waals surface area contributed by atoms with Crippen LogP contribution in [0.5, 0.6) is 0 Å². The molecule has 0 bridgehead atoms. The highest BCUT2D eigenvalue weighted by Gasteiger charge is 2.24. The van der Waals surface area contributed by atoms with Gasteiger partial charge in [-0.05, 0) is 31.5 Å². The Morgan fingerprint density at radius 2 is 1.77 bits per heavy atom. The van der Waals surface area contributed by atoms with Crippen molar-refractivity contribution >= 4 is 11.6 Å². The third kappa shape index (κ3) is 2.97. The van der Waals surface area contributed by atoms with Crippen molar-refractivity contribution in [1.82, 2.24) is 24.3 Å². The number of aryl methyl sites for hydroxylation is 2. The van der Waals surface area contributed by atoms with Crippen LogP contribution in [0.3, 0.4) is 0 Å². The van der Waals surface area contributed by atoms with E-state index in [9.17, 15) is 4.79 Å². The predicted octanol–water partition coefficient (Wildman–Crippen LogP) is 2.77. The van der Waals surface area contributed by atoms with Crippen LogP contribution in [0.4, 0.5) is 0 Å². The van der Waals surface area contributed by atoms with Crippen LogP contribution in [0.1, 0.15) is 33.1 Å². The number of carbonyl (C=O) groups is 1. The van der Waals surface area contributed by atoms with Gasteiger partial charge < -0.3 is 13.7 Å². The Morgan fingerprint density at radius 3 is 2.35 bits per heavy atom. The minimum atomic E-state index is -0.162. The maximum absolute atomic E-state index is 13.3. The topological polar surface area (TPSA) is 89.7 Å². The average Bonchev–Trinajstić information content (AvgIpc) is 3.34. The fourth-order valence-electron chi connectivity index (χ4n) is 2.89. The van der Waals surface area contributed by atoms with E-state index in [2.05, 4.69) is 15.0 Å². The Kier molecular flexibility index (Phi) is 4.00. The standard InChI is InChI=1S/C18H17N5O3/c1-12-3-4-23-16(5-12)21-13(2)17(23)18(24)22(6-14-8-25-10-19-14)7-15-9-26-11-20-15/h3-5,8-11H,6-7H2,1-2H3. The molecule has 0 aliphatic carbocycles. The number of rotatable bonds is 5. The van der Waals surface area contributed by atoms with Gasteiger partial charge in [0.1, 0.15) is 23.9 Å². The second-order valence-corrected chi connectivity index (χ2v) is 6.10. The van der Waals surface area contributed by atoms with Gasteiger partial charge in [0, 0.05) is 6.20 Å². The number of nitrogens with zero attached hydrogens (tertiary/aromatic N) is 5. The van der Waals surface area contributed by atoms with Gasteiger partial charge in [0.2, 0.25) is 0 Å². The van der Waals surface area contributed by atoms with Crippen LogP contribution < -0.4 is 0 Å². The Balaban J connectivity index is 1.73. The molecule has 1 amide bonds. The largest absolute Gasteiger partial charge is 0.451 e. The van der Waals surface area contributed by atoms with Gasteiger partial charge in [-0.2, -0.15) is 0 Å². The summed E-state index contributed by atoms with van der Waals surface area (Å²) in [6.45, 7) is 4.41. The van der Waals surface area contributed by atoms with Gasteiger partial charge >= 0.3 is 0 Å². The molecule has 8 nitrogen and oxygen atoms in total. The molecule has 4 aromatic rings. The fraction of sp³-hybridized carbons (Fsp3) is 0.222. The third-order valence-electron chi connectivity index (χ3n) is 4.12. The van der Waals surface area contributed by atoms with E-state index in [-0.39, 0.29) is 5.91 Å². The Morgan fingerprint density at radius 1 is 1.12 bits per heavy atom. The molecule has 0 aliphatic rings. The third-order valence-corrected chi connectivity index (χ3v) is 4.12. The van der Waals surface area contributed by atoms with Crippen LogP contribution in [0.15, 0.2) is 52.5 Å². The van der Waals surface area contributed by atoms with E-state index in [0.29, 0.717) is 35.9 Å². The van der Waals surface area contributed by atoms with Gasteiger partial charge in [-0.3, -0.25) is 9.20 Å². The molecular weight excluding hydrogens is 334 g/mol. The number of imidazole rings is 1. The summed E-state index contributed by atoms with van der Waals surface area (Å²) in [7, 11) is 0. The van der Waals surface area contributed by atoms with Crippen molar-refractivity contribution in [2.75, 3.05) is 0 Å². The predicted molar refractivity (Wildman–Crippen MR) is 91.2 cm³/mol. The van der Waals surface area contributed by atoms with E-state index in [1.807, 2.05) is 36.6 Å². The highest BCUT2D eigenvalue weighted by atomic mass is 16.3. The number of hydrogen-bond donors (Lipinski definition) is 0. The number of aromatic nitrogens is 4.